The first kappa shape index (κ1) is 23.8. The average Bonchev–Trinajstić information content (AvgIpc) is 3.49. The molecule has 1 aliphatic heterocycles. The molecule has 9 heteroatoms. The standard InChI is InChI=1S/C27H27ClN6O2/c1-3-33-16-19(13-25(33)35)23-14-24(30-17(2)18-7-5-4-6-8-18)34-26(32-23)22(15-29-34)27(36)31-21-11-9-20(28)10-12-21/h4-12,14-15,17,19,30H,3,13,16H2,1-2H3,(H,31,36)/t17-,19-/m0/s1. The number of likely N-dealkylation sites (tertiary alicyclic amines) is 1. The Balaban J connectivity index is 1.53. The summed E-state index contributed by atoms with van der Waals surface area (Å²) < 4.78 is 1.65. The van der Waals surface area contributed by atoms with Gasteiger partial charge in [0.25, 0.3) is 5.91 Å². The molecule has 1 fully saturated rings. The number of hydrogen-bond donors (Lipinski definition) is 2. The molecule has 2 N–H and O–H groups in total. The molecule has 2 aromatic heterocycles. The topological polar surface area (TPSA) is 91.6 Å². The van der Waals surface area contributed by atoms with Crippen molar-refractivity contribution >= 4 is 40.6 Å². The van der Waals surface area contributed by atoms with Crippen LogP contribution in [0, 0.1) is 0 Å². The molecule has 1 saturated heterocycles. The van der Waals surface area contributed by atoms with Crippen molar-refractivity contribution in [2.45, 2.75) is 32.2 Å². The van der Waals surface area contributed by atoms with Crippen LogP contribution < -0.4 is 10.6 Å². The minimum absolute atomic E-state index is 0.0162. The second-order valence-corrected chi connectivity index (χ2v) is 9.37. The maximum Gasteiger partial charge on any atom is 0.261 e. The molecule has 0 spiro atoms. The molecule has 8 nitrogen and oxygen atoms in total. The number of carbonyl (C=O) groups excluding carboxylic acids is 2. The quantitative estimate of drug-likeness (QED) is 0.365. The van der Waals surface area contributed by atoms with E-state index in [2.05, 4.69) is 34.8 Å². The highest BCUT2D eigenvalue weighted by atomic mass is 35.5. The van der Waals surface area contributed by atoms with Gasteiger partial charge in [-0.2, -0.15) is 9.61 Å². The number of amides is 2. The maximum absolute atomic E-state index is 13.2. The minimum atomic E-state index is -0.322. The largest absolute Gasteiger partial charge is 0.363 e. The zero-order valence-corrected chi connectivity index (χ0v) is 20.9. The Bertz CT molecular complexity index is 1400. The summed E-state index contributed by atoms with van der Waals surface area (Å²) in [7, 11) is 0. The smallest absolute Gasteiger partial charge is 0.261 e. The van der Waals surface area contributed by atoms with Gasteiger partial charge in [0.15, 0.2) is 5.65 Å². The van der Waals surface area contributed by atoms with Crippen LogP contribution in [0.2, 0.25) is 5.02 Å². The Hall–Kier alpha value is -3.91. The fourth-order valence-corrected chi connectivity index (χ4v) is 4.63. The van der Waals surface area contributed by atoms with E-state index in [1.807, 2.05) is 36.1 Å². The van der Waals surface area contributed by atoms with Crippen LogP contribution in [-0.2, 0) is 4.79 Å². The number of carbonyl (C=O) groups is 2. The van der Waals surface area contributed by atoms with E-state index in [0.717, 1.165) is 11.3 Å². The predicted octanol–water partition coefficient (Wildman–Crippen LogP) is 5.14. The number of nitrogens with zero attached hydrogens (tertiary/aromatic N) is 4. The van der Waals surface area contributed by atoms with Crippen LogP contribution in [0.4, 0.5) is 11.5 Å². The summed E-state index contributed by atoms with van der Waals surface area (Å²) in [6.45, 7) is 5.31. The van der Waals surface area contributed by atoms with Gasteiger partial charge in [-0.25, -0.2) is 4.98 Å². The molecule has 184 valence electrons. The Morgan fingerprint density at radius 3 is 2.61 bits per heavy atom. The minimum Gasteiger partial charge on any atom is -0.363 e. The molecule has 36 heavy (non-hydrogen) atoms. The third kappa shape index (κ3) is 4.77. The van der Waals surface area contributed by atoms with Crippen molar-refractivity contribution in [1.29, 1.82) is 0 Å². The number of anilines is 2. The van der Waals surface area contributed by atoms with E-state index in [1.165, 1.54) is 6.20 Å². The van der Waals surface area contributed by atoms with Gasteiger partial charge in [-0.15, -0.1) is 0 Å². The van der Waals surface area contributed by atoms with Gasteiger partial charge < -0.3 is 15.5 Å². The van der Waals surface area contributed by atoms with E-state index in [0.29, 0.717) is 47.2 Å². The van der Waals surface area contributed by atoms with Gasteiger partial charge in [0.05, 0.1) is 11.9 Å². The van der Waals surface area contributed by atoms with Crippen LogP contribution in [0.1, 0.15) is 53.8 Å². The zero-order chi connectivity index (χ0) is 25.2. The second-order valence-electron chi connectivity index (χ2n) is 8.93. The summed E-state index contributed by atoms with van der Waals surface area (Å²) in [6.07, 6.45) is 1.92. The summed E-state index contributed by atoms with van der Waals surface area (Å²) >= 11 is 5.97. The molecule has 1 aliphatic rings. The molecule has 5 rings (SSSR count). The normalized spacial score (nSPS) is 16.4. The van der Waals surface area contributed by atoms with Crippen molar-refractivity contribution in [3.63, 3.8) is 0 Å². The van der Waals surface area contributed by atoms with Gasteiger partial charge >= 0.3 is 0 Å². The summed E-state index contributed by atoms with van der Waals surface area (Å²) in [5.74, 6) is 0.443. The maximum atomic E-state index is 13.2. The number of hydrogen-bond acceptors (Lipinski definition) is 5. The first-order valence-electron chi connectivity index (χ1n) is 12.0. The number of nitrogens with one attached hydrogen (secondary N) is 2. The summed E-state index contributed by atoms with van der Waals surface area (Å²) in [5, 5.41) is 11.5. The van der Waals surface area contributed by atoms with Crippen molar-refractivity contribution in [1.82, 2.24) is 19.5 Å². The van der Waals surface area contributed by atoms with Crippen molar-refractivity contribution in [2.24, 2.45) is 0 Å². The first-order valence-corrected chi connectivity index (χ1v) is 12.4. The van der Waals surface area contributed by atoms with Crippen molar-refractivity contribution < 1.29 is 9.59 Å². The Morgan fingerprint density at radius 2 is 1.92 bits per heavy atom. The van der Waals surface area contributed by atoms with E-state index in [4.69, 9.17) is 16.6 Å². The summed E-state index contributed by atoms with van der Waals surface area (Å²) in [6, 6.07) is 18.9. The number of halogens is 1. The fraction of sp³-hybridized carbons (Fsp3) is 0.259. The van der Waals surface area contributed by atoms with Crippen LogP contribution in [-0.4, -0.2) is 44.4 Å². The van der Waals surface area contributed by atoms with Crippen molar-refractivity contribution in [3.05, 3.63) is 88.7 Å². The van der Waals surface area contributed by atoms with E-state index in [1.54, 1.807) is 28.8 Å². The van der Waals surface area contributed by atoms with E-state index in [-0.39, 0.29) is 23.8 Å². The lowest BCUT2D eigenvalue weighted by Gasteiger charge is -2.19. The lowest BCUT2D eigenvalue weighted by atomic mass is 10.0. The van der Waals surface area contributed by atoms with E-state index >= 15 is 0 Å². The number of fused-ring (bicyclic) bond motifs is 1. The lowest BCUT2D eigenvalue weighted by Crippen LogP contribution is -2.24. The van der Waals surface area contributed by atoms with Gasteiger partial charge in [0.1, 0.15) is 11.4 Å². The summed E-state index contributed by atoms with van der Waals surface area (Å²) in [4.78, 5) is 32.3. The summed E-state index contributed by atoms with van der Waals surface area (Å²) in [5.41, 5.74) is 3.28. The van der Waals surface area contributed by atoms with Gasteiger partial charge in [-0.3, -0.25) is 9.59 Å². The zero-order valence-electron chi connectivity index (χ0n) is 20.1. The fourth-order valence-electron chi connectivity index (χ4n) is 4.51. The SMILES string of the molecule is CCN1C[C@@H](c2cc(N[C@@H](C)c3ccccc3)n3ncc(C(=O)Nc4ccc(Cl)cc4)c3n2)CC1=O. The third-order valence-electron chi connectivity index (χ3n) is 6.52. The van der Waals surface area contributed by atoms with Gasteiger partial charge in [-0.05, 0) is 43.7 Å². The monoisotopic (exact) mass is 502 g/mol. The highest BCUT2D eigenvalue weighted by Gasteiger charge is 2.32. The van der Waals surface area contributed by atoms with Crippen molar-refractivity contribution in [3.8, 4) is 0 Å². The molecule has 0 unspecified atom stereocenters. The molecule has 2 amide bonds. The second kappa shape index (κ2) is 9.99. The molecule has 0 saturated carbocycles. The molecule has 0 radical (unpaired) electrons. The van der Waals surface area contributed by atoms with Crippen LogP contribution in [0.3, 0.4) is 0 Å². The third-order valence-corrected chi connectivity index (χ3v) is 6.77. The molecule has 0 aliphatic carbocycles. The van der Waals surface area contributed by atoms with Gasteiger partial charge in [0.2, 0.25) is 5.91 Å². The van der Waals surface area contributed by atoms with E-state index < -0.39 is 0 Å². The van der Waals surface area contributed by atoms with Crippen molar-refractivity contribution in [2.75, 3.05) is 23.7 Å². The highest BCUT2D eigenvalue weighted by molar-refractivity contribution is 6.30. The van der Waals surface area contributed by atoms with Gasteiger partial charge in [-0.1, -0.05) is 41.9 Å². The molecular formula is C27H27ClN6O2. The lowest BCUT2D eigenvalue weighted by molar-refractivity contribution is -0.127. The number of benzene rings is 2. The number of aromatic nitrogens is 3. The van der Waals surface area contributed by atoms with Crippen LogP contribution in [0.5, 0.6) is 0 Å². The molecule has 0 bridgehead atoms. The molecule has 2 aromatic carbocycles. The molecule has 2 atom stereocenters. The Morgan fingerprint density at radius 1 is 1.17 bits per heavy atom. The highest BCUT2D eigenvalue weighted by Crippen LogP contribution is 2.31. The van der Waals surface area contributed by atoms with Crippen LogP contribution >= 0.6 is 11.6 Å². The van der Waals surface area contributed by atoms with Crippen LogP contribution in [0.15, 0.2) is 66.9 Å². The average molecular weight is 503 g/mol. The first-order chi connectivity index (χ1) is 17.4. The molecule has 3 heterocycles. The molecular weight excluding hydrogens is 476 g/mol. The van der Waals surface area contributed by atoms with E-state index in [9.17, 15) is 9.59 Å². The Kier molecular flexibility index (Phi) is 6.61. The van der Waals surface area contributed by atoms with Crippen LogP contribution in [0.25, 0.3) is 5.65 Å². The molecule has 4 aromatic rings. The predicted molar refractivity (Wildman–Crippen MR) is 140 cm³/mol. The number of likely N-dealkylation sites (N-methyl/N-ethyl adjacent to an activating group) is 1. The Labute approximate surface area is 214 Å². The number of rotatable bonds is 7. The van der Waals surface area contributed by atoms with Gasteiger partial charge in [0, 0.05) is 48.2 Å².